The van der Waals surface area contributed by atoms with E-state index in [1.54, 1.807) is 24.5 Å². The highest BCUT2D eigenvalue weighted by Crippen LogP contribution is 2.22. The molecule has 1 unspecified atom stereocenters. The Kier molecular flexibility index (Phi) is 6.72. The molecular formula is C21H28N4O. The van der Waals surface area contributed by atoms with Gasteiger partial charge in [-0.2, -0.15) is 0 Å². The quantitative estimate of drug-likeness (QED) is 0.827. The van der Waals surface area contributed by atoms with Gasteiger partial charge in [-0.3, -0.25) is 14.8 Å². The summed E-state index contributed by atoms with van der Waals surface area (Å²) in [7, 11) is 0. The Labute approximate surface area is 155 Å². The second-order valence-electron chi connectivity index (χ2n) is 6.95. The molecule has 3 heterocycles. The minimum Gasteiger partial charge on any atom is -0.339 e. The topological polar surface area (TPSA) is 58.1 Å². The van der Waals surface area contributed by atoms with Gasteiger partial charge in [-0.15, -0.1) is 0 Å². The zero-order chi connectivity index (χ0) is 18.2. The second-order valence-corrected chi connectivity index (χ2v) is 6.95. The number of aromatic nitrogens is 2. The van der Waals surface area contributed by atoms with Crippen LogP contribution in [0.4, 0.5) is 0 Å². The molecule has 1 amide bonds. The van der Waals surface area contributed by atoms with E-state index < -0.39 is 0 Å². The summed E-state index contributed by atoms with van der Waals surface area (Å²) in [6.45, 7) is 3.82. The van der Waals surface area contributed by atoms with Gasteiger partial charge in [0.25, 0.3) is 5.91 Å². The van der Waals surface area contributed by atoms with E-state index in [2.05, 4.69) is 28.3 Å². The van der Waals surface area contributed by atoms with Crippen LogP contribution in [0.25, 0.3) is 0 Å². The third-order valence-corrected chi connectivity index (χ3v) is 5.08. The molecule has 26 heavy (non-hydrogen) atoms. The summed E-state index contributed by atoms with van der Waals surface area (Å²) in [6, 6.07) is 8.52. The smallest absolute Gasteiger partial charge is 0.253 e. The lowest BCUT2D eigenvalue weighted by Gasteiger charge is -2.35. The summed E-state index contributed by atoms with van der Waals surface area (Å²) in [5, 5.41) is 3.82. The minimum absolute atomic E-state index is 0.112. The Morgan fingerprint density at radius 2 is 1.96 bits per heavy atom. The molecule has 1 atom stereocenters. The van der Waals surface area contributed by atoms with Crippen molar-refractivity contribution in [2.75, 3.05) is 13.1 Å². The number of carbonyl (C=O) groups is 1. The van der Waals surface area contributed by atoms with Gasteiger partial charge in [-0.1, -0.05) is 25.8 Å². The molecule has 1 saturated heterocycles. The van der Waals surface area contributed by atoms with Gasteiger partial charge in [-0.25, -0.2) is 0 Å². The first kappa shape index (κ1) is 18.5. The van der Waals surface area contributed by atoms with Crippen LogP contribution >= 0.6 is 0 Å². The van der Waals surface area contributed by atoms with E-state index in [0.717, 1.165) is 37.9 Å². The maximum Gasteiger partial charge on any atom is 0.253 e. The fraction of sp³-hybridized carbons (Fsp3) is 0.476. The van der Waals surface area contributed by atoms with Crippen molar-refractivity contribution in [3.05, 3.63) is 60.2 Å². The summed E-state index contributed by atoms with van der Waals surface area (Å²) in [4.78, 5) is 22.8. The summed E-state index contributed by atoms with van der Waals surface area (Å²) < 4.78 is 0. The van der Waals surface area contributed by atoms with Crippen molar-refractivity contribution < 1.29 is 4.79 Å². The molecule has 0 spiro atoms. The van der Waals surface area contributed by atoms with E-state index >= 15 is 0 Å². The average molecular weight is 352 g/mol. The number of piperidine rings is 1. The Bertz CT molecular complexity index is 669. The number of unbranched alkanes of at least 4 members (excludes halogenated alkanes) is 1. The molecule has 138 valence electrons. The van der Waals surface area contributed by atoms with E-state index in [-0.39, 0.29) is 5.91 Å². The first-order valence-electron chi connectivity index (χ1n) is 9.63. The number of amides is 1. The first-order chi connectivity index (χ1) is 12.8. The third kappa shape index (κ3) is 4.88. The maximum atomic E-state index is 12.6. The van der Waals surface area contributed by atoms with Crippen LogP contribution in [0.1, 0.15) is 61.0 Å². The van der Waals surface area contributed by atoms with Crippen LogP contribution < -0.4 is 5.32 Å². The van der Waals surface area contributed by atoms with Crippen molar-refractivity contribution >= 4 is 5.91 Å². The van der Waals surface area contributed by atoms with Gasteiger partial charge in [-0.05, 0) is 43.0 Å². The van der Waals surface area contributed by atoms with Crippen molar-refractivity contribution in [2.24, 2.45) is 0 Å². The molecule has 5 nitrogen and oxygen atoms in total. The zero-order valence-electron chi connectivity index (χ0n) is 15.5. The van der Waals surface area contributed by atoms with E-state index in [9.17, 15) is 4.79 Å². The Hall–Kier alpha value is -2.27. The first-order valence-corrected chi connectivity index (χ1v) is 9.63. The average Bonchev–Trinajstić information content (AvgIpc) is 2.72. The lowest BCUT2D eigenvalue weighted by Crippen LogP contribution is -2.45. The number of hydrogen-bond donors (Lipinski definition) is 1. The van der Waals surface area contributed by atoms with Crippen LogP contribution in [0, 0.1) is 0 Å². The third-order valence-electron chi connectivity index (χ3n) is 5.08. The minimum atomic E-state index is 0.112. The predicted octanol–water partition coefficient (Wildman–Crippen LogP) is 3.60. The van der Waals surface area contributed by atoms with E-state index in [0.29, 0.717) is 12.1 Å². The predicted molar refractivity (Wildman–Crippen MR) is 103 cm³/mol. The number of pyridine rings is 2. The van der Waals surface area contributed by atoms with Gasteiger partial charge in [0.2, 0.25) is 0 Å². The Morgan fingerprint density at radius 1 is 1.19 bits per heavy atom. The summed E-state index contributed by atoms with van der Waals surface area (Å²) in [6.07, 6.45) is 12.6. The molecular weight excluding hydrogens is 324 g/mol. The Morgan fingerprint density at radius 3 is 2.62 bits per heavy atom. The van der Waals surface area contributed by atoms with E-state index in [1.165, 1.54) is 18.4 Å². The van der Waals surface area contributed by atoms with Crippen LogP contribution in [0.15, 0.2) is 49.1 Å². The monoisotopic (exact) mass is 352 g/mol. The van der Waals surface area contributed by atoms with Gasteiger partial charge in [0.1, 0.15) is 0 Å². The van der Waals surface area contributed by atoms with Crippen molar-refractivity contribution in [2.45, 2.75) is 51.1 Å². The molecule has 0 bridgehead atoms. The molecule has 1 fully saturated rings. The van der Waals surface area contributed by atoms with Gasteiger partial charge < -0.3 is 10.2 Å². The molecule has 0 radical (unpaired) electrons. The van der Waals surface area contributed by atoms with Crippen molar-refractivity contribution in [3.8, 4) is 0 Å². The number of hydrogen-bond acceptors (Lipinski definition) is 4. The summed E-state index contributed by atoms with van der Waals surface area (Å²) in [5.74, 6) is 0.112. The van der Waals surface area contributed by atoms with Crippen LogP contribution in [0.3, 0.4) is 0 Å². The molecule has 0 aliphatic carbocycles. The van der Waals surface area contributed by atoms with Gasteiger partial charge in [0.05, 0.1) is 0 Å². The zero-order valence-corrected chi connectivity index (χ0v) is 15.5. The molecule has 1 N–H and O–H groups in total. The highest BCUT2D eigenvalue weighted by Gasteiger charge is 2.25. The fourth-order valence-electron chi connectivity index (χ4n) is 3.55. The molecule has 3 rings (SSSR count). The highest BCUT2D eigenvalue weighted by molar-refractivity contribution is 5.94. The largest absolute Gasteiger partial charge is 0.339 e. The summed E-state index contributed by atoms with van der Waals surface area (Å²) in [5.41, 5.74) is 1.99. The lowest BCUT2D eigenvalue weighted by molar-refractivity contribution is 0.0701. The van der Waals surface area contributed by atoms with E-state index in [4.69, 9.17) is 0 Å². The molecule has 0 aromatic carbocycles. The number of rotatable bonds is 7. The van der Waals surface area contributed by atoms with Gasteiger partial charge in [0.15, 0.2) is 0 Å². The highest BCUT2D eigenvalue weighted by atomic mass is 16.2. The fourth-order valence-corrected chi connectivity index (χ4v) is 3.55. The number of carbonyl (C=O) groups excluding carboxylic acids is 1. The standard InChI is InChI=1S/C21H28N4O/c1-2-3-6-20(18-5-4-11-23-16-18)24-19-9-14-25(15-10-19)21(26)17-7-12-22-13-8-17/h4-5,7-8,11-13,16,19-20,24H,2-3,6,9-10,14-15H2,1H3. The normalized spacial score (nSPS) is 16.4. The molecule has 1 aliphatic heterocycles. The van der Waals surface area contributed by atoms with Crippen molar-refractivity contribution in [1.82, 2.24) is 20.2 Å². The Balaban J connectivity index is 1.55. The van der Waals surface area contributed by atoms with E-state index in [1.807, 2.05) is 23.4 Å². The number of nitrogens with zero attached hydrogens (tertiary/aromatic N) is 3. The number of likely N-dealkylation sites (tertiary alicyclic amines) is 1. The molecule has 2 aromatic rings. The van der Waals surface area contributed by atoms with Gasteiger partial charge >= 0.3 is 0 Å². The SMILES string of the molecule is CCCCC(NC1CCN(C(=O)c2ccncc2)CC1)c1cccnc1. The van der Waals surface area contributed by atoms with Crippen LogP contribution in [-0.4, -0.2) is 39.9 Å². The van der Waals surface area contributed by atoms with Crippen LogP contribution in [0.2, 0.25) is 0 Å². The molecule has 0 saturated carbocycles. The molecule has 2 aromatic heterocycles. The molecule has 1 aliphatic rings. The maximum absolute atomic E-state index is 12.6. The van der Waals surface area contributed by atoms with Crippen molar-refractivity contribution in [3.63, 3.8) is 0 Å². The van der Waals surface area contributed by atoms with Gasteiger partial charge in [0, 0.05) is 55.5 Å². The van der Waals surface area contributed by atoms with Crippen molar-refractivity contribution in [1.29, 1.82) is 0 Å². The van der Waals surface area contributed by atoms with Crippen LogP contribution in [0.5, 0.6) is 0 Å². The lowest BCUT2D eigenvalue weighted by atomic mass is 9.98. The molecule has 5 heteroatoms. The summed E-state index contributed by atoms with van der Waals surface area (Å²) >= 11 is 0. The second kappa shape index (κ2) is 9.43. The van der Waals surface area contributed by atoms with Crippen LogP contribution in [-0.2, 0) is 0 Å². The number of nitrogens with one attached hydrogen (secondary N) is 1.